The van der Waals surface area contributed by atoms with Crippen molar-refractivity contribution >= 4 is 29.4 Å². The van der Waals surface area contributed by atoms with Crippen molar-refractivity contribution in [1.82, 2.24) is 4.90 Å². The predicted molar refractivity (Wildman–Crippen MR) is 129 cm³/mol. The van der Waals surface area contributed by atoms with Crippen LogP contribution in [0.2, 0.25) is 0 Å². The summed E-state index contributed by atoms with van der Waals surface area (Å²) in [6.07, 6.45) is -1.90. The molecule has 2 aromatic carbocycles. The van der Waals surface area contributed by atoms with Gasteiger partial charge in [0, 0.05) is 18.8 Å². The first kappa shape index (κ1) is 25.9. The van der Waals surface area contributed by atoms with E-state index in [1.54, 1.807) is 63.2 Å². The fourth-order valence-electron chi connectivity index (χ4n) is 3.69. The lowest BCUT2D eigenvalue weighted by molar-refractivity contribution is -0.166. The van der Waals surface area contributed by atoms with Crippen LogP contribution in [0.3, 0.4) is 0 Å². The van der Waals surface area contributed by atoms with Crippen LogP contribution in [0.25, 0.3) is 0 Å². The Morgan fingerprint density at radius 1 is 0.971 bits per heavy atom. The molecule has 1 saturated heterocycles. The van der Waals surface area contributed by atoms with Crippen LogP contribution in [0.4, 0.5) is 5.69 Å². The van der Waals surface area contributed by atoms with Crippen molar-refractivity contribution < 1.29 is 28.7 Å². The number of carbonyl (C=O) groups is 4. The maximum Gasteiger partial charge on any atom is 0.344 e. The molecule has 0 bridgehead atoms. The van der Waals surface area contributed by atoms with Gasteiger partial charge >= 0.3 is 11.9 Å². The Bertz CT molecular complexity index is 1050. The first-order valence-corrected chi connectivity index (χ1v) is 11.4. The first-order chi connectivity index (χ1) is 16.6. The zero-order valence-corrected chi connectivity index (χ0v) is 20.2. The van der Waals surface area contributed by atoms with E-state index >= 15 is 0 Å². The van der Waals surface area contributed by atoms with E-state index in [1.165, 1.54) is 4.90 Å². The molecule has 186 valence electrons. The minimum absolute atomic E-state index is 0.00452. The van der Waals surface area contributed by atoms with Gasteiger partial charge in [-0.15, -0.1) is 0 Å². The maximum atomic E-state index is 13.4. The highest BCUT2D eigenvalue weighted by Crippen LogP contribution is 2.24. The second-order valence-corrected chi connectivity index (χ2v) is 9.24. The van der Waals surface area contributed by atoms with Crippen molar-refractivity contribution in [2.45, 2.75) is 45.6 Å². The summed E-state index contributed by atoms with van der Waals surface area (Å²) in [5, 5.41) is 0. The third kappa shape index (κ3) is 6.89. The van der Waals surface area contributed by atoms with Crippen LogP contribution in [-0.2, 0) is 35.3 Å². The van der Waals surface area contributed by atoms with Crippen LogP contribution in [0.5, 0.6) is 0 Å². The predicted octanol–water partition coefficient (Wildman–Crippen LogP) is 2.24. The van der Waals surface area contributed by atoms with E-state index < -0.39 is 47.9 Å². The Morgan fingerprint density at radius 2 is 1.57 bits per heavy atom. The Labute approximate surface area is 204 Å². The summed E-state index contributed by atoms with van der Waals surface area (Å²) in [5.41, 5.74) is 6.64. The van der Waals surface area contributed by atoms with E-state index in [1.807, 2.05) is 18.2 Å². The Kier molecular flexibility index (Phi) is 8.24. The van der Waals surface area contributed by atoms with Gasteiger partial charge in [0.1, 0.15) is 18.1 Å². The van der Waals surface area contributed by atoms with Gasteiger partial charge in [-0.1, -0.05) is 48.5 Å². The molecule has 1 fully saturated rings. The number of benzene rings is 2. The van der Waals surface area contributed by atoms with Gasteiger partial charge in [0.15, 0.2) is 6.17 Å². The third-order valence-electron chi connectivity index (χ3n) is 5.38. The highest BCUT2D eigenvalue weighted by atomic mass is 16.6. The molecule has 2 unspecified atom stereocenters. The van der Waals surface area contributed by atoms with Crippen molar-refractivity contribution in [3.05, 3.63) is 66.2 Å². The van der Waals surface area contributed by atoms with Crippen molar-refractivity contribution in [2.24, 2.45) is 11.7 Å². The van der Waals surface area contributed by atoms with Crippen LogP contribution >= 0.6 is 0 Å². The molecule has 1 aliphatic rings. The van der Waals surface area contributed by atoms with Crippen molar-refractivity contribution in [3.63, 3.8) is 0 Å². The maximum absolute atomic E-state index is 13.4. The molecule has 35 heavy (non-hydrogen) atoms. The number of esters is 2. The Morgan fingerprint density at radius 3 is 2.17 bits per heavy atom. The van der Waals surface area contributed by atoms with E-state index in [2.05, 4.69) is 0 Å². The highest BCUT2D eigenvalue weighted by molar-refractivity contribution is 6.10. The Hall–Kier alpha value is -3.72. The molecule has 0 aliphatic carbocycles. The van der Waals surface area contributed by atoms with Gasteiger partial charge in [-0.05, 0) is 38.5 Å². The number of para-hydroxylation sites is 1. The summed E-state index contributed by atoms with van der Waals surface area (Å²) in [5.74, 6) is -4.17. The molecule has 1 heterocycles. The van der Waals surface area contributed by atoms with Crippen LogP contribution < -0.4 is 10.6 Å². The van der Waals surface area contributed by atoms with Gasteiger partial charge in [0.2, 0.25) is 11.8 Å². The zero-order chi connectivity index (χ0) is 25.6. The van der Waals surface area contributed by atoms with E-state index in [0.29, 0.717) is 5.69 Å². The minimum atomic E-state index is -1.42. The second-order valence-electron chi connectivity index (χ2n) is 9.24. The average molecular weight is 482 g/mol. The molecule has 9 nitrogen and oxygen atoms in total. The van der Waals surface area contributed by atoms with Crippen molar-refractivity contribution in [2.75, 3.05) is 18.0 Å². The first-order valence-electron chi connectivity index (χ1n) is 11.4. The number of ether oxygens (including phenoxy) is 2. The number of nitrogens with two attached hydrogens (primary N) is 1. The fraction of sp³-hybridized carbons (Fsp3) is 0.385. The summed E-state index contributed by atoms with van der Waals surface area (Å²) in [6.45, 7) is 5.17. The quantitative estimate of drug-likeness (QED) is 0.476. The lowest BCUT2D eigenvalue weighted by Gasteiger charge is -2.30. The molecule has 2 amide bonds. The summed E-state index contributed by atoms with van der Waals surface area (Å²) in [6, 6.07) is 17.9. The summed E-state index contributed by atoms with van der Waals surface area (Å²) >= 11 is 0. The van der Waals surface area contributed by atoms with Crippen LogP contribution in [0.1, 0.15) is 32.8 Å². The highest BCUT2D eigenvalue weighted by Gasteiger charge is 2.43. The number of hydrogen-bond acceptors (Lipinski definition) is 7. The molecule has 2 atom stereocenters. The normalized spacial score (nSPS) is 17.5. The topological polar surface area (TPSA) is 119 Å². The number of nitrogens with zero attached hydrogens (tertiary/aromatic N) is 2. The third-order valence-corrected chi connectivity index (χ3v) is 5.38. The molecule has 1 aliphatic heterocycles. The summed E-state index contributed by atoms with van der Waals surface area (Å²) in [7, 11) is 0. The molecule has 2 aromatic rings. The van der Waals surface area contributed by atoms with Crippen LogP contribution in [0.15, 0.2) is 60.7 Å². The molecule has 0 aromatic heterocycles. The van der Waals surface area contributed by atoms with Gasteiger partial charge in [-0.2, -0.15) is 0 Å². The molecular formula is C26H31N3O6. The molecular weight excluding hydrogens is 450 g/mol. The molecule has 9 heteroatoms. The number of amides is 2. The van der Waals surface area contributed by atoms with Crippen molar-refractivity contribution in [1.29, 1.82) is 0 Å². The van der Waals surface area contributed by atoms with Gasteiger partial charge < -0.3 is 25.0 Å². The smallest absolute Gasteiger partial charge is 0.344 e. The standard InChI is InChI=1S/C26H31N3O6/c1-26(2,3)35-25(33)22(27)29-15-14-28(19-12-8-5-9-13-19)23(31)20(24(29)32)16-21(30)34-17-18-10-6-4-7-11-18/h4-13,20,22H,14-17,27H2,1-3H3. The van der Waals surface area contributed by atoms with E-state index in [4.69, 9.17) is 15.2 Å². The monoisotopic (exact) mass is 481 g/mol. The van der Waals surface area contributed by atoms with E-state index in [9.17, 15) is 19.2 Å². The minimum Gasteiger partial charge on any atom is -0.461 e. The Balaban J connectivity index is 1.83. The van der Waals surface area contributed by atoms with Crippen LogP contribution in [0, 0.1) is 5.92 Å². The summed E-state index contributed by atoms with van der Waals surface area (Å²) < 4.78 is 10.7. The fourth-order valence-corrected chi connectivity index (χ4v) is 3.69. The number of rotatable bonds is 7. The lowest BCUT2D eigenvalue weighted by atomic mass is 10.0. The number of anilines is 1. The van der Waals surface area contributed by atoms with Crippen molar-refractivity contribution in [3.8, 4) is 0 Å². The average Bonchev–Trinajstić information content (AvgIpc) is 2.94. The van der Waals surface area contributed by atoms with E-state index in [0.717, 1.165) is 10.5 Å². The van der Waals surface area contributed by atoms with Gasteiger partial charge in [-0.25, -0.2) is 4.79 Å². The molecule has 0 radical (unpaired) electrons. The largest absolute Gasteiger partial charge is 0.461 e. The zero-order valence-electron chi connectivity index (χ0n) is 20.2. The molecule has 2 N–H and O–H groups in total. The van der Waals surface area contributed by atoms with E-state index in [-0.39, 0.29) is 19.7 Å². The number of hydrogen-bond donors (Lipinski definition) is 1. The lowest BCUT2D eigenvalue weighted by Crippen LogP contribution is -2.54. The number of carbonyl (C=O) groups excluding carboxylic acids is 4. The molecule has 0 saturated carbocycles. The molecule has 0 spiro atoms. The van der Waals surface area contributed by atoms with Gasteiger partial charge in [-0.3, -0.25) is 14.4 Å². The SMILES string of the molecule is CC(C)(C)OC(=O)C(N)N1CCN(c2ccccc2)C(=O)C(CC(=O)OCc2ccccc2)C1=O. The second kappa shape index (κ2) is 11.1. The molecule has 3 rings (SSSR count). The van der Waals surface area contributed by atoms with Gasteiger partial charge in [0.25, 0.3) is 0 Å². The van der Waals surface area contributed by atoms with Crippen LogP contribution in [-0.4, -0.2) is 53.5 Å². The van der Waals surface area contributed by atoms with Gasteiger partial charge in [0.05, 0.1) is 6.42 Å². The summed E-state index contributed by atoms with van der Waals surface area (Å²) in [4.78, 5) is 54.7.